The van der Waals surface area contributed by atoms with E-state index >= 15 is 0 Å². The van der Waals surface area contributed by atoms with Gasteiger partial charge in [0.1, 0.15) is 31.0 Å². The summed E-state index contributed by atoms with van der Waals surface area (Å²) < 4.78 is 63.2. The first-order valence-corrected chi connectivity index (χ1v) is 11.3. The Labute approximate surface area is 177 Å². The molecule has 0 heterocycles. The Bertz CT molecular complexity index is 582. The number of amides is 2. The fourth-order valence-electron chi connectivity index (χ4n) is 1.71. The summed E-state index contributed by atoms with van der Waals surface area (Å²) in [6.45, 7) is 6.66. The van der Waals surface area contributed by atoms with Crippen LogP contribution in [-0.4, -0.2) is 71.6 Å². The molecular weight excluding hydrogens is 413 g/mol. The third kappa shape index (κ3) is 16.2. The second-order valence-corrected chi connectivity index (χ2v) is 8.52. The molecule has 27 heavy (non-hydrogen) atoms. The Morgan fingerprint density at radius 3 is 1.15 bits per heavy atom. The summed E-state index contributed by atoms with van der Waals surface area (Å²) >= 11 is 0. The molecule has 2 N–H and O–H groups in total. The van der Waals surface area contributed by atoms with Gasteiger partial charge in [0.05, 0.1) is 0 Å². The second kappa shape index (κ2) is 15.4. The van der Waals surface area contributed by atoms with Crippen molar-refractivity contribution in [3.05, 3.63) is 0 Å². The van der Waals surface area contributed by atoms with Crippen LogP contribution >= 0.6 is 0 Å². The average molecular weight is 441 g/mol. The Morgan fingerprint density at radius 1 is 0.741 bits per heavy atom. The SMILES string of the molecule is CCCC(=O)NC(CC)S(=O)(=O)[O-].CCCC(=O)NC(CC)S(=O)(=O)[O-].[Mg+2]. The van der Waals surface area contributed by atoms with Gasteiger partial charge in [-0.3, -0.25) is 9.59 Å². The summed E-state index contributed by atoms with van der Waals surface area (Å²) in [5, 5.41) is 1.77. The van der Waals surface area contributed by atoms with E-state index in [1.54, 1.807) is 13.8 Å². The molecule has 0 aliphatic rings. The number of nitrogens with one attached hydrogen (secondary N) is 2. The molecule has 13 heteroatoms. The molecule has 0 rings (SSSR count). The topological polar surface area (TPSA) is 173 Å². The van der Waals surface area contributed by atoms with E-state index in [1.165, 1.54) is 13.8 Å². The van der Waals surface area contributed by atoms with Crippen LogP contribution in [-0.2, 0) is 29.8 Å². The zero-order valence-electron chi connectivity index (χ0n) is 16.2. The minimum absolute atomic E-state index is 0. The van der Waals surface area contributed by atoms with Crippen LogP contribution in [0.15, 0.2) is 0 Å². The molecular formula is C14H28MgN2O8S2. The fraction of sp³-hybridized carbons (Fsp3) is 0.857. The first kappa shape index (κ1) is 31.2. The summed E-state index contributed by atoms with van der Waals surface area (Å²) in [6.07, 6.45) is 1.93. The molecule has 0 radical (unpaired) electrons. The van der Waals surface area contributed by atoms with Gasteiger partial charge in [0.15, 0.2) is 0 Å². The van der Waals surface area contributed by atoms with Crippen LogP contribution < -0.4 is 10.6 Å². The van der Waals surface area contributed by atoms with E-state index in [-0.39, 0.29) is 48.7 Å². The van der Waals surface area contributed by atoms with Gasteiger partial charge in [-0.15, -0.1) is 0 Å². The second-order valence-electron chi connectivity index (χ2n) is 5.41. The molecule has 10 nitrogen and oxygen atoms in total. The molecule has 2 atom stereocenters. The maximum atomic E-state index is 10.9. The van der Waals surface area contributed by atoms with Gasteiger partial charge in [0.25, 0.3) is 0 Å². The molecule has 0 aromatic heterocycles. The summed E-state index contributed by atoms with van der Waals surface area (Å²) in [7, 11) is -8.82. The Balaban J connectivity index is -0.000000411. The van der Waals surface area contributed by atoms with Crippen LogP contribution in [0.25, 0.3) is 0 Å². The minimum Gasteiger partial charge on any atom is -0.746 e. The summed E-state index contributed by atoms with van der Waals surface area (Å²) in [4.78, 5) is 21.9. The van der Waals surface area contributed by atoms with Gasteiger partial charge in [-0.1, -0.05) is 27.7 Å². The maximum absolute atomic E-state index is 10.9. The van der Waals surface area contributed by atoms with Gasteiger partial charge in [0, 0.05) is 12.8 Å². The molecule has 0 saturated carbocycles. The largest absolute Gasteiger partial charge is 2.00 e. The molecule has 0 aromatic carbocycles. The molecule has 156 valence electrons. The van der Waals surface area contributed by atoms with Gasteiger partial charge >= 0.3 is 23.1 Å². The van der Waals surface area contributed by atoms with Crippen molar-refractivity contribution in [1.82, 2.24) is 10.6 Å². The van der Waals surface area contributed by atoms with E-state index in [9.17, 15) is 35.5 Å². The molecule has 0 spiro atoms. The van der Waals surface area contributed by atoms with Gasteiger partial charge in [0.2, 0.25) is 11.8 Å². The van der Waals surface area contributed by atoms with E-state index in [1.807, 2.05) is 0 Å². The number of carbonyl (C=O) groups excluding carboxylic acids is 2. The van der Waals surface area contributed by atoms with E-state index in [0.29, 0.717) is 12.8 Å². The van der Waals surface area contributed by atoms with Crippen molar-refractivity contribution in [3.8, 4) is 0 Å². The quantitative estimate of drug-likeness (QED) is 0.352. The summed E-state index contributed by atoms with van der Waals surface area (Å²) in [5.41, 5.74) is 0. The van der Waals surface area contributed by atoms with Crippen molar-refractivity contribution in [3.63, 3.8) is 0 Å². The summed E-state index contributed by atoms with van der Waals surface area (Å²) in [6, 6.07) is 0. The predicted molar refractivity (Wildman–Crippen MR) is 99.4 cm³/mol. The normalized spacial score (nSPS) is 13.3. The monoisotopic (exact) mass is 440 g/mol. The first-order chi connectivity index (χ1) is 11.8. The number of hydrogen-bond donors (Lipinski definition) is 2. The van der Waals surface area contributed by atoms with Crippen molar-refractivity contribution in [2.24, 2.45) is 0 Å². The molecule has 0 fully saturated rings. The zero-order chi connectivity index (χ0) is 21.0. The van der Waals surface area contributed by atoms with Crippen LogP contribution in [0.4, 0.5) is 0 Å². The smallest absolute Gasteiger partial charge is 0.746 e. The molecule has 0 aliphatic carbocycles. The molecule has 2 unspecified atom stereocenters. The average Bonchev–Trinajstić information content (AvgIpc) is 2.49. The number of carbonyl (C=O) groups is 2. The molecule has 2 amide bonds. The van der Waals surface area contributed by atoms with Crippen molar-refractivity contribution >= 4 is 55.1 Å². The first-order valence-electron chi connectivity index (χ1n) is 8.31. The molecule has 0 aromatic rings. The number of rotatable bonds is 10. The van der Waals surface area contributed by atoms with Gasteiger partial charge in [-0.25, -0.2) is 16.8 Å². The van der Waals surface area contributed by atoms with Gasteiger partial charge < -0.3 is 19.7 Å². The van der Waals surface area contributed by atoms with Crippen LogP contribution in [0, 0.1) is 0 Å². The number of hydrogen-bond acceptors (Lipinski definition) is 8. The summed E-state index contributed by atoms with van der Waals surface area (Å²) in [5.74, 6) is -0.789. The zero-order valence-corrected chi connectivity index (χ0v) is 19.2. The van der Waals surface area contributed by atoms with Crippen LogP contribution in [0.5, 0.6) is 0 Å². The minimum atomic E-state index is -4.41. The van der Waals surface area contributed by atoms with E-state index in [2.05, 4.69) is 10.6 Å². The Kier molecular flexibility index (Phi) is 17.9. The molecule has 0 saturated heterocycles. The van der Waals surface area contributed by atoms with E-state index < -0.39 is 42.8 Å². The third-order valence-electron chi connectivity index (χ3n) is 3.04. The van der Waals surface area contributed by atoms with Crippen molar-refractivity contribution < 1.29 is 35.5 Å². The standard InChI is InChI=1S/2C7H15NO4S.Mg/c2*1-3-5-6(9)8-7(4-2)13(10,11)12;/h2*7H,3-5H2,1-2H3,(H,8,9)(H,10,11,12);/q;;+2/p-2. The van der Waals surface area contributed by atoms with E-state index in [0.717, 1.165) is 0 Å². The van der Waals surface area contributed by atoms with Crippen molar-refractivity contribution in [2.45, 2.75) is 77.0 Å². The maximum Gasteiger partial charge on any atom is 2.00 e. The van der Waals surface area contributed by atoms with Crippen molar-refractivity contribution in [2.75, 3.05) is 0 Å². The Hall–Kier alpha value is -0.474. The Morgan fingerprint density at radius 2 is 1.00 bits per heavy atom. The van der Waals surface area contributed by atoms with Crippen LogP contribution in [0.1, 0.15) is 66.2 Å². The fourth-order valence-corrected chi connectivity index (χ4v) is 3.08. The van der Waals surface area contributed by atoms with Crippen molar-refractivity contribution in [1.29, 1.82) is 0 Å². The van der Waals surface area contributed by atoms with Gasteiger partial charge in [-0.2, -0.15) is 0 Å². The third-order valence-corrected chi connectivity index (χ3v) is 5.33. The molecule has 0 bridgehead atoms. The molecule has 0 aliphatic heterocycles. The predicted octanol–water partition coefficient (Wildman–Crippen LogP) is -0.0128. The van der Waals surface area contributed by atoms with Crippen LogP contribution in [0.2, 0.25) is 0 Å². The van der Waals surface area contributed by atoms with Gasteiger partial charge in [-0.05, 0) is 25.7 Å². The van der Waals surface area contributed by atoms with Crippen LogP contribution in [0.3, 0.4) is 0 Å². The van der Waals surface area contributed by atoms with E-state index in [4.69, 9.17) is 0 Å².